The number of anilines is 1. The molecule has 0 saturated carbocycles. The van der Waals surface area contributed by atoms with Gasteiger partial charge in [0, 0.05) is 24.8 Å². The van der Waals surface area contributed by atoms with Crippen molar-refractivity contribution >= 4 is 11.8 Å². The minimum Gasteiger partial charge on any atom is -0.444 e. The summed E-state index contributed by atoms with van der Waals surface area (Å²) >= 11 is 0. The smallest absolute Gasteiger partial charge is 0.416 e. The van der Waals surface area contributed by atoms with Crippen molar-refractivity contribution in [2.45, 2.75) is 51.4 Å². The molecule has 0 spiro atoms. The monoisotopic (exact) mass is 344 g/mol. The van der Waals surface area contributed by atoms with Crippen molar-refractivity contribution in [1.29, 1.82) is 0 Å². The predicted octanol–water partition coefficient (Wildman–Crippen LogP) is 4.20. The number of ether oxygens (including phenoxy) is 1. The molecule has 0 radical (unpaired) electrons. The maximum Gasteiger partial charge on any atom is 0.416 e. The van der Waals surface area contributed by atoms with E-state index in [0.717, 1.165) is 30.7 Å². The summed E-state index contributed by atoms with van der Waals surface area (Å²) < 4.78 is 43.0. The molecule has 1 aromatic carbocycles. The standard InChI is InChI=1S/C17H23F3N2O2/c1-16(2,3)24-15(23)21-13-8-10-22(11-9-13)14-6-4-12(5-7-14)17(18,19)20/h4-7,13H,8-11H2,1-3H3,(H,21,23). The van der Waals surface area contributed by atoms with E-state index in [0.29, 0.717) is 13.1 Å². The number of carbonyl (C=O) groups is 1. The lowest BCUT2D eigenvalue weighted by Crippen LogP contribution is -2.46. The fraction of sp³-hybridized carbons (Fsp3) is 0.588. The number of nitrogens with one attached hydrogen (secondary N) is 1. The molecule has 0 aromatic heterocycles. The molecule has 1 amide bonds. The molecular weight excluding hydrogens is 321 g/mol. The molecule has 0 aliphatic carbocycles. The first-order valence-corrected chi connectivity index (χ1v) is 7.96. The number of rotatable bonds is 2. The van der Waals surface area contributed by atoms with Crippen molar-refractivity contribution in [3.8, 4) is 0 Å². The lowest BCUT2D eigenvalue weighted by molar-refractivity contribution is -0.137. The third-order valence-electron chi connectivity index (χ3n) is 3.78. The number of hydrogen-bond donors (Lipinski definition) is 1. The molecule has 1 N–H and O–H groups in total. The Labute approximate surface area is 140 Å². The van der Waals surface area contributed by atoms with Gasteiger partial charge >= 0.3 is 12.3 Å². The molecule has 1 heterocycles. The van der Waals surface area contributed by atoms with Crippen LogP contribution < -0.4 is 10.2 Å². The summed E-state index contributed by atoms with van der Waals surface area (Å²) in [6, 6.07) is 5.20. The fourth-order valence-electron chi connectivity index (χ4n) is 2.62. The second-order valence-electron chi connectivity index (χ2n) is 6.95. The van der Waals surface area contributed by atoms with Gasteiger partial charge in [-0.25, -0.2) is 4.79 Å². The first-order valence-electron chi connectivity index (χ1n) is 7.96. The zero-order valence-corrected chi connectivity index (χ0v) is 14.1. The van der Waals surface area contributed by atoms with Crippen molar-refractivity contribution < 1.29 is 22.7 Å². The first kappa shape index (κ1) is 18.4. The fourth-order valence-corrected chi connectivity index (χ4v) is 2.62. The first-order chi connectivity index (χ1) is 11.0. The van der Waals surface area contributed by atoms with Crippen molar-refractivity contribution in [2.75, 3.05) is 18.0 Å². The third-order valence-corrected chi connectivity index (χ3v) is 3.78. The van der Waals surface area contributed by atoms with Gasteiger partial charge in [0.2, 0.25) is 0 Å². The molecule has 1 aliphatic heterocycles. The van der Waals surface area contributed by atoms with E-state index in [2.05, 4.69) is 5.32 Å². The topological polar surface area (TPSA) is 41.6 Å². The van der Waals surface area contributed by atoms with Crippen LogP contribution in [-0.4, -0.2) is 30.8 Å². The summed E-state index contributed by atoms with van der Waals surface area (Å²) in [5.74, 6) is 0. The van der Waals surface area contributed by atoms with Crippen molar-refractivity contribution in [2.24, 2.45) is 0 Å². The Bertz CT molecular complexity index is 557. The number of alkyl halides is 3. The molecule has 1 aromatic rings. The van der Waals surface area contributed by atoms with E-state index >= 15 is 0 Å². The number of halogens is 3. The summed E-state index contributed by atoms with van der Waals surface area (Å²) in [5.41, 5.74) is -0.420. The van der Waals surface area contributed by atoms with Gasteiger partial charge in [-0.2, -0.15) is 13.2 Å². The van der Waals surface area contributed by atoms with Crippen LogP contribution in [0.15, 0.2) is 24.3 Å². The molecule has 1 aliphatic rings. The summed E-state index contributed by atoms with van der Waals surface area (Å²) in [5, 5.41) is 2.84. The normalized spacial score (nSPS) is 16.8. The molecule has 0 atom stereocenters. The van der Waals surface area contributed by atoms with Gasteiger partial charge in [-0.15, -0.1) is 0 Å². The maximum absolute atomic E-state index is 12.6. The van der Waals surface area contributed by atoms with E-state index in [-0.39, 0.29) is 6.04 Å². The number of carbonyl (C=O) groups excluding carboxylic acids is 1. The van der Waals surface area contributed by atoms with Crippen LogP contribution in [0.4, 0.5) is 23.7 Å². The van der Waals surface area contributed by atoms with E-state index in [1.807, 2.05) is 4.90 Å². The van der Waals surface area contributed by atoms with E-state index in [1.165, 1.54) is 12.1 Å². The van der Waals surface area contributed by atoms with Crippen LogP contribution in [0.5, 0.6) is 0 Å². The average Bonchev–Trinajstić information content (AvgIpc) is 2.45. The zero-order valence-electron chi connectivity index (χ0n) is 14.1. The Kier molecular flexibility index (Phi) is 5.30. The Morgan fingerprint density at radius 3 is 2.12 bits per heavy atom. The molecule has 24 heavy (non-hydrogen) atoms. The van der Waals surface area contributed by atoms with Gasteiger partial charge in [0.15, 0.2) is 0 Å². The summed E-state index contributed by atoms with van der Waals surface area (Å²) in [6.07, 6.45) is -3.31. The number of benzene rings is 1. The molecule has 0 unspecified atom stereocenters. The van der Waals surface area contributed by atoms with Gasteiger partial charge in [-0.05, 0) is 57.9 Å². The Morgan fingerprint density at radius 1 is 1.12 bits per heavy atom. The maximum atomic E-state index is 12.6. The molecule has 1 fully saturated rings. The highest BCUT2D eigenvalue weighted by atomic mass is 19.4. The highest BCUT2D eigenvalue weighted by molar-refractivity contribution is 5.68. The molecule has 0 bridgehead atoms. The number of piperidine rings is 1. The average molecular weight is 344 g/mol. The quantitative estimate of drug-likeness (QED) is 0.874. The van der Waals surface area contributed by atoms with E-state index < -0.39 is 23.4 Å². The zero-order chi connectivity index (χ0) is 18.0. The SMILES string of the molecule is CC(C)(C)OC(=O)NC1CCN(c2ccc(C(F)(F)F)cc2)CC1. The molecular formula is C17H23F3N2O2. The van der Waals surface area contributed by atoms with Crippen LogP contribution in [0.2, 0.25) is 0 Å². The Hall–Kier alpha value is -1.92. The molecule has 134 valence electrons. The lowest BCUT2D eigenvalue weighted by atomic mass is 10.0. The largest absolute Gasteiger partial charge is 0.444 e. The van der Waals surface area contributed by atoms with Gasteiger partial charge in [0.25, 0.3) is 0 Å². The Balaban J connectivity index is 1.85. The van der Waals surface area contributed by atoms with Gasteiger partial charge in [-0.1, -0.05) is 0 Å². The second-order valence-corrected chi connectivity index (χ2v) is 6.95. The van der Waals surface area contributed by atoms with Crippen LogP contribution in [0.1, 0.15) is 39.2 Å². The van der Waals surface area contributed by atoms with E-state index in [9.17, 15) is 18.0 Å². The Morgan fingerprint density at radius 2 is 1.67 bits per heavy atom. The van der Waals surface area contributed by atoms with Crippen LogP contribution in [0, 0.1) is 0 Å². The molecule has 1 saturated heterocycles. The van der Waals surface area contributed by atoms with Gasteiger partial charge < -0.3 is 15.0 Å². The van der Waals surface area contributed by atoms with E-state index in [1.54, 1.807) is 20.8 Å². The van der Waals surface area contributed by atoms with Crippen LogP contribution in [0.25, 0.3) is 0 Å². The van der Waals surface area contributed by atoms with Crippen molar-refractivity contribution in [3.05, 3.63) is 29.8 Å². The molecule has 4 nitrogen and oxygen atoms in total. The van der Waals surface area contributed by atoms with Crippen molar-refractivity contribution in [3.63, 3.8) is 0 Å². The van der Waals surface area contributed by atoms with Gasteiger partial charge in [-0.3, -0.25) is 0 Å². The number of nitrogens with zero attached hydrogens (tertiary/aromatic N) is 1. The van der Waals surface area contributed by atoms with Crippen LogP contribution in [-0.2, 0) is 10.9 Å². The number of alkyl carbamates (subject to hydrolysis) is 1. The second kappa shape index (κ2) is 6.91. The summed E-state index contributed by atoms with van der Waals surface area (Å²) in [7, 11) is 0. The molecule has 7 heteroatoms. The minimum atomic E-state index is -4.32. The van der Waals surface area contributed by atoms with Gasteiger partial charge in [0.05, 0.1) is 5.56 Å². The van der Waals surface area contributed by atoms with Gasteiger partial charge in [0.1, 0.15) is 5.60 Å². The number of hydrogen-bond acceptors (Lipinski definition) is 3. The third kappa shape index (κ3) is 5.32. The summed E-state index contributed by atoms with van der Waals surface area (Å²) in [6.45, 7) is 6.76. The van der Waals surface area contributed by atoms with Crippen LogP contribution >= 0.6 is 0 Å². The minimum absolute atomic E-state index is 0.0190. The predicted molar refractivity (Wildman–Crippen MR) is 86.0 cm³/mol. The molecule has 2 rings (SSSR count). The van der Waals surface area contributed by atoms with Crippen molar-refractivity contribution in [1.82, 2.24) is 5.32 Å². The highest BCUT2D eigenvalue weighted by Gasteiger charge is 2.30. The summed E-state index contributed by atoms with van der Waals surface area (Å²) in [4.78, 5) is 13.8. The van der Waals surface area contributed by atoms with Crippen LogP contribution in [0.3, 0.4) is 0 Å². The highest BCUT2D eigenvalue weighted by Crippen LogP contribution is 2.31. The lowest BCUT2D eigenvalue weighted by Gasteiger charge is -2.34. The number of amides is 1. The van der Waals surface area contributed by atoms with E-state index in [4.69, 9.17) is 4.74 Å².